The molecule has 0 unspecified atom stereocenters. The third-order valence-electron chi connectivity index (χ3n) is 6.16. The molecule has 9 heteroatoms. The minimum Gasteiger partial charge on any atom is -0.495 e. The van der Waals surface area contributed by atoms with Gasteiger partial charge in [-0.15, -0.1) is 0 Å². The minimum absolute atomic E-state index is 0.0864. The second-order valence-corrected chi connectivity index (χ2v) is 10.3. The molecule has 0 aromatic heterocycles. The van der Waals surface area contributed by atoms with Crippen LogP contribution in [-0.2, 0) is 24.2 Å². The third kappa shape index (κ3) is 4.66. The van der Waals surface area contributed by atoms with Gasteiger partial charge < -0.3 is 18.9 Å². The fourth-order valence-electron chi connectivity index (χ4n) is 4.52. The summed E-state index contributed by atoms with van der Waals surface area (Å²) in [5, 5.41) is 0. The standard InChI is InChI=1S/C21H32N2O6S/c1-17-3-4-20(19(13-17)26-2)30(24,25)23-9-12-28-16-21(15-23)6-5-18(29-21)14-22-7-10-27-11-8-22/h3-4,13,18H,5-12,14-16H2,1-2H3/t18-,21-/m1/s1. The quantitative estimate of drug-likeness (QED) is 0.682. The normalized spacial score (nSPS) is 29.2. The molecule has 0 aliphatic carbocycles. The lowest BCUT2D eigenvalue weighted by atomic mass is 10.0. The molecule has 0 radical (unpaired) electrons. The second kappa shape index (κ2) is 9.10. The number of methoxy groups -OCH3 is 1. The zero-order valence-corrected chi connectivity index (χ0v) is 18.7. The van der Waals surface area contributed by atoms with Gasteiger partial charge in [0.15, 0.2) is 0 Å². The van der Waals surface area contributed by atoms with E-state index >= 15 is 0 Å². The molecule has 3 heterocycles. The molecule has 4 rings (SSSR count). The maximum atomic E-state index is 13.5. The number of benzene rings is 1. The van der Waals surface area contributed by atoms with Crippen molar-refractivity contribution in [2.45, 2.75) is 36.4 Å². The van der Waals surface area contributed by atoms with E-state index in [0.29, 0.717) is 32.1 Å². The van der Waals surface area contributed by atoms with E-state index in [2.05, 4.69) is 4.90 Å². The number of ether oxygens (including phenoxy) is 4. The van der Waals surface area contributed by atoms with Crippen LogP contribution in [0, 0.1) is 6.92 Å². The van der Waals surface area contributed by atoms with E-state index in [1.54, 1.807) is 18.2 Å². The Kier molecular flexibility index (Phi) is 6.67. The molecule has 1 spiro atoms. The summed E-state index contributed by atoms with van der Waals surface area (Å²) in [5.41, 5.74) is 0.352. The zero-order chi connectivity index (χ0) is 21.2. The van der Waals surface area contributed by atoms with Crippen molar-refractivity contribution in [3.05, 3.63) is 23.8 Å². The lowest BCUT2D eigenvalue weighted by Crippen LogP contribution is -2.47. The highest BCUT2D eigenvalue weighted by atomic mass is 32.2. The summed E-state index contributed by atoms with van der Waals surface area (Å²) in [5.74, 6) is 0.367. The van der Waals surface area contributed by atoms with Crippen LogP contribution in [0.3, 0.4) is 0 Å². The molecule has 30 heavy (non-hydrogen) atoms. The van der Waals surface area contributed by atoms with Crippen molar-refractivity contribution >= 4 is 10.0 Å². The number of hydrogen-bond donors (Lipinski definition) is 0. The number of aryl methyl sites for hydroxylation is 1. The van der Waals surface area contributed by atoms with Crippen LogP contribution in [0.25, 0.3) is 0 Å². The Hall–Kier alpha value is -1.23. The first-order valence-electron chi connectivity index (χ1n) is 10.6. The van der Waals surface area contributed by atoms with Crippen molar-refractivity contribution in [2.75, 3.05) is 66.3 Å². The molecule has 1 aromatic carbocycles. The second-order valence-electron chi connectivity index (χ2n) is 8.42. The van der Waals surface area contributed by atoms with E-state index in [0.717, 1.165) is 51.3 Å². The van der Waals surface area contributed by atoms with Crippen LogP contribution < -0.4 is 4.74 Å². The average Bonchev–Trinajstić information content (AvgIpc) is 2.99. The van der Waals surface area contributed by atoms with Crippen LogP contribution in [0.5, 0.6) is 5.75 Å². The molecule has 0 N–H and O–H groups in total. The molecule has 0 bridgehead atoms. The van der Waals surface area contributed by atoms with Crippen LogP contribution in [0.1, 0.15) is 18.4 Å². The Bertz CT molecular complexity index is 842. The highest BCUT2D eigenvalue weighted by Crippen LogP contribution is 2.36. The Labute approximate surface area is 179 Å². The molecular formula is C21H32N2O6S. The molecule has 0 amide bonds. The molecule has 0 saturated carbocycles. The molecule has 168 valence electrons. The fraction of sp³-hybridized carbons (Fsp3) is 0.714. The van der Waals surface area contributed by atoms with Crippen molar-refractivity contribution in [1.82, 2.24) is 9.21 Å². The monoisotopic (exact) mass is 440 g/mol. The van der Waals surface area contributed by atoms with Gasteiger partial charge in [-0.05, 0) is 37.5 Å². The van der Waals surface area contributed by atoms with E-state index in [1.165, 1.54) is 11.4 Å². The summed E-state index contributed by atoms with van der Waals surface area (Å²) in [7, 11) is -2.23. The predicted octanol–water partition coefficient (Wildman–Crippen LogP) is 1.27. The Morgan fingerprint density at radius 1 is 1.17 bits per heavy atom. The van der Waals surface area contributed by atoms with Crippen LogP contribution in [-0.4, -0.2) is 95.6 Å². The maximum absolute atomic E-state index is 13.5. The van der Waals surface area contributed by atoms with Gasteiger partial charge >= 0.3 is 0 Å². The first-order valence-corrected chi connectivity index (χ1v) is 12.1. The molecule has 2 atom stereocenters. The average molecular weight is 441 g/mol. The summed E-state index contributed by atoms with van der Waals surface area (Å²) in [4.78, 5) is 2.55. The van der Waals surface area contributed by atoms with E-state index in [-0.39, 0.29) is 11.0 Å². The molecule has 3 fully saturated rings. The molecular weight excluding hydrogens is 408 g/mol. The van der Waals surface area contributed by atoms with Crippen molar-refractivity contribution in [3.8, 4) is 5.75 Å². The van der Waals surface area contributed by atoms with Crippen LogP contribution >= 0.6 is 0 Å². The Balaban J connectivity index is 1.50. The van der Waals surface area contributed by atoms with Crippen LogP contribution in [0.2, 0.25) is 0 Å². The smallest absolute Gasteiger partial charge is 0.246 e. The first kappa shape index (κ1) is 22.0. The number of rotatable bonds is 5. The van der Waals surface area contributed by atoms with Crippen LogP contribution in [0.4, 0.5) is 0 Å². The van der Waals surface area contributed by atoms with Gasteiger partial charge in [0, 0.05) is 32.7 Å². The topological polar surface area (TPSA) is 77.5 Å². The zero-order valence-electron chi connectivity index (χ0n) is 17.8. The summed E-state index contributed by atoms with van der Waals surface area (Å²) >= 11 is 0. The van der Waals surface area contributed by atoms with Gasteiger partial charge in [-0.25, -0.2) is 8.42 Å². The number of hydrogen-bond acceptors (Lipinski definition) is 7. The van der Waals surface area contributed by atoms with Gasteiger partial charge in [0.1, 0.15) is 16.2 Å². The SMILES string of the molecule is COc1cc(C)ccc1S(=O)(=O)N1CCOC[C@@]2(CC[C@H](CN3CCOCC3)O2)C1. The number of morpholine rings is 1. The van der Waals surface area contributed by atoms with Crippen molar-refractivity contribution in [3.63, 3.8) is 0 Å². The fourth-order valence-corrected chi connectivity index (χ4v) is 6.16. The number of sulfonamides is 1. The van der Waals surface area contributed by atoms with Gasteiger partial charge in [-0.3, -0.25) is 4.90 Å². The highest BCUT2D eigenvalue weighted by molar-refractivity contribution is 7.89. The van der Waals surface area contributed by atoms with E-state index < -0.39 is 15.6 Å². The van der Waals surface area contributed by atoms with Gasteiger partial charge in [0.05, 0.1) is 39.6 Å². The first-order chi connectivity index (χ1) is 14.4. The Morgan fingerprint density at radius 3 is 2.70 bits per heavy atom. The molecule has 1 aromatic rings. The highest BCUT2D eigenvalue weighted by Gasteiger charge is 2.46. The van der Waals surface area contributed by atoms with Gasteiger partial charge in [0.2, 0.25) is 10.0 Å². The van der Waals surface area contributed by atoms with Gasteiger partial charge in [-0.2, -0.15) is 4.31 Å². The van der Waals surface area contributed by atoms with Crippen LogP contribution in [0.15, 0.2) is 23.1 Å². The third-order valence-corrected chi connectivity index (χ3v) is 8.04. The summed E-state index contributed by atoms with van der Waals surface area (Å²) in [6.45, 7) is 7.48. The van der Waals surface area contributed by atoms with Crippen molar-refractivity contribution in [1.29, 1.82) is 0 Å². The predicted molar refractivity (Wildman–Crippen MR) is 111 cm³/mol. The lowest BCUT2D eigenvalue weighted by Gasteiger charge is -2.33. The molecule has 3 saturated heterocycles. The van der Waals surface area contributed by atoms with E-state index in [4.69, 9.17) is 18.9 Å². The van der Waals surface area contributed by atoms with Gasteiger partial charge in [0.25, 0.3) is 0 Å². The minimum atomic E-state index is -3.73. The van der Waals surface area contributed by atoms with Crippen molar-refractivity contribution in [2.24, 2.45) is 0 Å². The molecule has 8 nitrogen and oxygen atoms in total. The lowest BCUT2D eigenvalue weighted by molar-refractivity contribution is -0.0927. The van der Waals surface area contributed by atoms with Gasteiger partial charge in [-0.1, -0.05) is 6.07 Å². The summed E-state index contributed by atoms with van der Waals surface area (Å²) < 4.78 is 51.5. The summed E-state index contributed by atoms with van der Waals surface area (Å²) in [6.07, 6.45) is 1.78. The largest absolute Gasteiger partial charge is 0.495 e. The maximum Gasteiger partial charge on any atom is 0.246 e. The molecule has 3 aliphatic rings. The summed E-state index contributed by atoms with van der Waals surface area (Å²) in [6, 6.07) is 5.17. The molecule has 3 aliphatic heterocycles. The Morgan fingerprint density at radius 2 is 1.93 bits per heavy atom. The number of nitrogens with zero attached hydrogens (tertiary/aromatic N) is 2. The van der Waals surface area contributed by atoms with E-state index in [1.807, 2.05) is 6.92 Å². The van der Waals surface area contributed by atoms with Crippen molar-refractivity contribution < 1.29 is 27.4 Å². The van der Waals surface area contributed by atoms with E-state index in [9.17, 15) is 8.42 Å².